The molecule has 0 unspecified atom stereocenters. The Kier molecular flexibility index (Phi) is 4.88. The lowest BCUT2D eigenvalue weighted by Crippen LogP contribution is -2.30. The van der Waals surface area contributed by atoms with Crippen LogP contribution < -0.4 is 10.6 Å². The standard InChI is InChI=1S/C23H16F7N3O/c1-32-18-3-2-14(24)11-17(18)20(31-21(32)34)33(12-19(26)27)16-9-13(8-15(25)10-16)4-5-22(6-7-22)23(28,29)30/h2-3,8-11,19H,6-7,12H2,1H3/i1D3. The number of anilines is 2. The molecule has 1 fully saturated rings. The van der Waals surface area contributed by atoms with Crippen LogP contribution in [0, 0.1) is 28.9 Å². The van der Waals surface area contributed by atoms with Gasteiger partial charge in [-0.1, -0.05) is 11.8 Å². The van der Waals surface area contributed by atoms with Crippen molar-refractivity contribution in [3.8, 4) is 11.8 Å². The van der Waals surface area contributed by atoms with E-state index in [0.717, 1.165) is 36.4 Å². The minimum atomic E-state index is -4.60. The number of aromatic nitrogens is 2. The zero-order valence-electron chi connectivity index (χ0n) is 20.1. The highest BCUT2D eigenvalue weighted by Gasteiger charge is 2.62. The van der Waals surface area contributed by atoms with Gasteiger partial charge in [0.1, 0.15) is 22.9 Å². The van der Waals surface area contributed by atoms with Gasteiger partial charge in [0.25, 0.3) is 6.43 Å². The Bertz CT molecular complexity index is 1490. The largest absolute Gasteiger partial charge is 0.405 e. The van der Waals surface area contributed by atoms with Crippen LogP contribution in [0.4, 0.5) is 42.2 Å². The van der Waals surface area contributed by atoms with E-state index in [4.69, 9.17) is 4.11 Å². The van der Waals surface area contributed by atoms with Crippen molar-refractivity contribution in [3.63, 3.8) is 0 Å². The van der Waals surface area contributed by atoms with Gasteiger partial charge < -0.3 is 4.90 Å². The Labute approximate surface area is 192 Å². The number of alkyl halides is 5. The van der Waals surface area contributed by atoms with Crippen molar-refractivity contribution >= 4 is 22.4 Å². The summed E-state index contributed by atoms with van der Waals surface area (Å²) < 4.78 is 118. The summed E-state index contributed by atoms with van der Waals surface area (Å²) in [6, 6.07) is 5.17. The lowest BCUT2D eigenvalue weighted by molar-refractivity contribution is -0.168. The third-order valence-corrected chi connectivity index (χ3v) is 5.34. The monoisotopic (exact) mass is 486 g/mol. The normalized spacial score (nSPS) is 16.4. The van der Waals surface area contributed by atoms with E-state index in [9.17, 15) is 35.5 Å². The van der Waals surface area contributed by atoms with Gasteiger partial charge in [0.15, 0.2) is 0 Å². The Hall–Kier alpha value is -3.55. The lowest BCUT2D eigenvalue weighted by atomic mass is 10.1. The highest BCUT2D eigenvalue weighted by Crippen LogP contribution is 2.57. The van der Waals surface area contributed by atoms with Gasteiger partial charge in [-0.05, 0) is 49.2 Å². The number of benzene rings is 2. The smallest absolute Gasteiger partial charge is 0.320 e. The van der Waals surface area contributed by atoms with Gasteiger partial charge in [0.05, 0.1) is 12.1 Å². The van der Waals surface area contributed by atoms with E-state index in [1.807, 2.05) is 0 Å². The fourth-order valence-corrected chi connectivity index (χ4v) is 3.44. The SMILES string of the molecule is [2H]C([2H])([2H])n1c(=O)nc(N(CC(F)F)c2cc(F)cc(C#CC3(C(F)(F)F)CC3)c2)c2cc(F)ccc21. The number of nitrogens with zero attached hydrogens (tertiary/aromatic N) is 3. The number of hydrogen-bond acceptors (Lipinski definition) is 3. The van der Waals surface area contributed by atoms with E-state index >= 15 is 0 Å². The molecule has 0 spiro atoms. The molecule has 0 radical (unpaired) electrons. The molecule has 1 aliphatic carbocycles. The molecule has 0 amide bonds. The first-order valence-corrected chi connectivity index (χ1v) is 9.80. The lowest BCUT2D eigenvalue weighted by Gasteiger charge is -2.25. The molecule has 1 aromatic heterocycles. The Balaban J connectivity index is 1.92. The topological polar surface area (TPSA) is 38.1 Å². The summed E-state index contributed by atoms with van der Waals surface area (Å²) >= 11 is 0. The maximum atomic E-state index is 14.5. The van der Waals surface area contributed by atoms with Crippen LogP contribution in [0.25, 0.3) is 10.9 Å². The van der Waals surface area contributed by atoms with E-state index in [1.165, 1.54) is 0 Å². The zero-order chi connectivity index (χ0) is 27.3. The van der Waals surface area contributed by atoms with Gasteiger partial charge in [-0.2, -0.15) is 18.2 Å². The van der Waals surface area contributed by atoms with Crippen molar-refractivity contribution < 1.29 is 34.8 Å². The van der Waals surface area contributed by atoms with Crippen molar-refractivity contribution in [2.75, 3.05) is 11.4 Å². The fraction of sp³-hybridized carbons (Fsp3) is 0.304. The van der Waals surface area contributed by atoms with Crippen molar-refractivity contribution in [3.05, 3.63) is 64.1 Å². The second kappa shape index (κ2) is 8.34. The predicted molar refractivity (Wildman–Crippen MR) is 111 cm³/mol. The summed E-state index contributed by atoms with van der Waals surface area (Å²) in [5.41, 5.74) is -4.59. The quantitative estimate of drug-likeness (QED) is 0.371. The summed E-state index contributed by atoms with van der Waals surface area (Å²) in [6.45, 7) is -4.25. The average molecular weight is 486 g/mol. The first-order chi connectivity index (χ1) is 17.1. The van der Waals surface area contributed by atoms with Crippen LogP contribution in [-0.4, -0.2) is 28.7 Å². The van der Waals surface area contributed by atoms with Crippen LogP contribution in [0.5, 0.6) is 0 Å². The highest BCUT2D eigenvalue weighted by molar-refractivity contribution is 5.92. The Morgan fingerprint density at radius 3 is 2.53 bits per heavy atom. The van der Waals surface area contributed by atoms with E-state index in [0.29, 0.717) is 4.90 Å². The minimum Gasteiger partial charge on any atom is -0.320 e. The van der Waals surface area contributed by atoms with Crippen LogP contribution in [0.1, 0.15) is 22.5 Å². The molecule has 4 nitrogen and oxygen atoms in total. The van der Waals surface area contributed by atoms with Crippen LogP contribution in [0.3, 0.4) is 0 Å². The molecule has 0 atom stereocenters. The molecule has 0 aliphatic heterocycles. The molecule has 1 aliphatic rings. The Morgan fingerprint density at radius 2 is 1.91 bits per heavy atom. The molecular formula is C23H16F7N3O. The van der Waals surface area contributed by atoms with Crippen LogP contribution in [0.15, 0.2) is 41.2 Å². The third-order valence-electron chi connectivity index (χ3n) is 5.34. The second-order valence-electron chi connectivity index (χ2n) is 7.74. The van der Waals surface area contributed by atoms with Crippen molar-refractivity contribution in [1.29, 1.82) is 0 Å². The maximum absolute atomic E-state index is 14.5. The molecule has 1 saturated carbocycles. The summed E-state index contributed by atoms with van der Waals surface area (Å²) in [5, 5.41) is -0.345. The fourth-order valence-electron chi connectivity index (χ4n) is 3.44. The minimum absolute atomic E-state index is 0.232. The predicted octanol–water partition coefficient (Wildman–Crippen LogP) is 5.31. The van der Waals surface area contributed by atoms with Gasteiger partial charge in [-0.3, -0.25) is 4.57 Å². The summed E-state index contributed by atoms with van der Waals surface area (Å²) in [5.74, 6) is 1.78. The van der Waals surface area contributed by atoms with E-state index in [-0.39, 0.29) is 39.6 Å². The molecule has 2 aromatic carbocycles. The molecule has 11 heteroatoms. The van der Waals surface area contributed by atoms with E-state index in [1.54, 1.807) is 0 Å². The van der Waals surface area contributed by atoms with E-state index in [2.05, 4.69) is 16.8 Å². The second-order valence-corrected chi connectivity index (χ2v) is 7.74. The molecule has 3 aromatic rings. The van der Waals surface area contributed by atoms with Crippen molar-refractivity contribution in [2.45, 2.75) is 25.4 Å². The van der Waals surface area contributed by atoms with E-state index < -0.39 is 54.7 Å². The molecule has 34 heavy (non-hydrogen) atoms. The van der Waals surface area contributed by atoms with Gasteiger partial charge in [0, 0.05) is 27.7 Å². The number of halogens is 7. The molecular weight excluding hydrogens is 467 g/mol. The molecule has 0 bridgehead atoms. The number of aryl methyl sites for hydroxylation is 1. The highest BCUT2D eigenvalue weighted by atomic mass is 19.4. The summed E-state index contributed by atoms with van der Waals surface area (Å²) in [4.78, 5) is 16.9. The van der Waals surface area contributed by atoms with Crippen molar-refractivity contribution in [2.24, 2.45) is 12.4 Å². The number of rotatable bonds is 4. The maximum Gasteiger partial charge on any atom is 0.405 e. The number of fused-ring (bicyclic) bond motifs is 1. The van der Waals surface area contributed by atoms with Gasteiger partial charge in [-0.15, -0.1) is 0 Å². The average Bonchev–Trinajstić information content (AvgIpc) is 3.56. The first kappa shape index (κ1) is 19.9. The van der Waals surface area contributed by atoms with Gasteiger partial charge >= 0.3 is 11.9 Å². The van der Waals surface area contributed by atoms with Crippen LogP contribution in [-0.2, 0) is 6.98 Å². The van der Waals surface area contributed by atoms with Crippen molar-refractivity contribution in [1.82, 2.24) is 9.55 Å². The van der Waals surface area contributed by atoms with Gasteiger partial charge in [0.2, 0.25) is 0 Å². The first-order valence-electron chi connectivity index (χ1n) is 11.3. The molecule has 0 N–H and O–H groups in total. The Morgan fingerprint density at radius 1 is 1.18 bits per heavy atom. The van der Waals surface area contributed by atoms with Crippen LogP contribution >= 0.6 is 0 Å². The van der Waals surface area contributed by atoms with Crippen LogP contribution in [0.2, 0.25) is 0 Å². The zero-order valence-corrected chi connectivity index (χ0v) is 17.1. The molecule has 178 valence electrons. The van der Waals surface area contributed by atoms with Gasteiger partial charge in [-0.25, -0.2) is 22.4 Å². The molecule has 4 rings (SSSR count). The molecule has 1 heterocycles. The molecule has 0 saturated heterocycles. The summed E-state index contributed by atoms with van der Waals surface area (Å²) in [6.07, 6.45) is -8.17. The summed E-state index contributed by atoms with van der Waals surface area (Å²) in [7, 11) is 0. The third kappa shape index (κ3) is 4.44. The number of hydrogen-bond donors (Lipinski definition) is 0.